The molecule has 0 aromatic carbocycles. The van der Waals surface area contributed by atoms with Crippen molar-refractivity contribution in [3.8, 4) is 0 Å². The van der Waals surface area contributed by atoms with E-state index in [1.165, 1.54) is 110 Å². The predicted molar refractivity (Wildman–Crippen MR) is 104 cm³/mol. The first-order chi connectivity index (χ1) is 11.2. The van der Waals surface area contributed by atoms with Crippen LogP contribution in [0.25, 0.3) is 0 Å². The Morgan fingerprint density at radius 2 is 1.30 bits per heavy atom. The van der Waals surface area contributed by atoms with Gasteiger partial charge in [-0.3, -0.25) is 0 Å². The minimum atomic E-state index is 0.375. The van der Waals surface area contributed by atoms with Crippen molar-refractivity contribution in [2.24, 2.45) is 0 Å². The van der Waals surface area contributed by atoms with Crippen LogP contribution in [0, 0.1) is 0 Å². The molecule has 0 aliphatic carbocycles. The number of unbranched alkanes of at least 4 members (excludes halogenated alkanes) is 7. The summed E-state index contributed by atoms with van der Waals surface area (Å²) in [5, 5.41) is 3.95. The first kappa shape index (κ1) is 21.0. The molecule has 0 amide bonds. The third kappa shape index (κ3) is 10.4. The number of nitrogens with one attached hydrogen (secondary N) is 1. The molecule has 1 fully saturated rings. The van der Waals surface area contributed by atoms with E-state index in [1.54, 1.807) is 0 Å². The van der Waals surface area contributed by atoms with Gasteiger partial charge < -0.3 is 10.2 Å². The van der Waals surface area contributed by atoms with E-state index in [2.05, 4.69) is 31.0 Å². The topological polar surface area (TPSA) is 15.3 Å². The maximum Gasteiger partial charge on any atom is 0.0153 e. The van der Waals surface area contributed by atoms with E-state index >= 15 is 0 Å². The van der Waals surface area contributed by atoms with Crippen molar-refractivity contribution in [3.63, 3.8) is 0 Å². The number of rotatable bonds is 15. The second-order valence-electron chi connectivity index (χ2n) is 8.01. The van der Waals surface area contributed by atoms with Crippen LogP contribution in [0.5, 0.6) is 0 Å². The molecule has 2 nitrogen and oxygen atoms in total. The number of likely N-dealkylation sites (tertiary alicyclic amines) is 1. The maximum absolute atomic E-state index is 3.95. The van der Waals surface area contributed by atoms with E-state index in [1.807, 2.05) is 0 Å². The molecule has 1 N–H and O–H groups in total. The third-order valence-corrected chi connectivity index (χ3v) is 5.59. The van der Waals surface area contributed by atoms with E-state index < -0.39 is 0 Å². The fourth-order valence-electron chi connectivity index (χ4n) is 3.88. The number of hydrogen-bond acceptors (Lipinski definition) is 2. The van der Waals surface area contributed by atoms with Crippen molar-refractivity contribution in [3.05, 3.63) is 0 Å². The molecule has 0 aromatic rings. The van der Waals surface area contributed by atoms with E-state index in [9.17, 15) is 0 Å². The monoisotopic (exact) mass is 324 g/mol. The van der Waals surface area contributed by atoms with Crippen molar-refractivity contribution < 1.29 is 0 Å². The van der Waals surface area contributed by atoms with Gasteiger partial charge in [-0.05, 0) is 45.7 Å². The van der Waals surface area contributed by atoms with Gasteiger partial charge in [0.25, 0.3) is 0 Å². The van der Waals surface area contributed by atoms with Gasteiger partial charge in [-0.25, -0.2) is 0 Å². The summed E-state index contributed by atoms with van der Waals surface area (Å²) < 4.78 is 0. The molecule has 23 heavy (non-hydrogen) atoms. The summed E-state index contributed by atoms with van der Waals surface area (Å²) in [7, 11) is 0. The number of hydrogen-bond donors (Lipinski definition) is 1. The highest BCUT2D eigenvalue weighted by Crippen LogP contribution is 2.23. The lowest BCUT2D eigenvalue weighted by atomic mass is 9.88. The molecule has 1 aliphatic rings. The van der Waals surface area contributed by atoms with Gasteiger partial charge in [0.05, 0.1) is 0 Å². The predicted octanol–water partition coefficient (Wildman–Crippen LogP) is 5.76. The lowest BCUT2D eigenvalue weighted by Gasteiger charge is -2.32. The van der Waals surface area contributed by atoms with Gasteiger partial charge >= 0.3 is 0 Å². The van der Waals surface area contributed by atoms with Gasteiger partial charge in [0.15, 0.2) is 0 Å². The maximum atomic E-state index is 3.95. The summed E-state index contributed by atoms with van der Waals surface area (Å²) in [5.41, 5.74) is 0.375. The zero-order valence-electron chi connectivity index (χ0n) is 16.5. The van der Waals surface area contributed by atoms with Crippen molar-refractivity contribution in [2.45, 2.75) is 110 Å². The van der Waals surface area contributed by atoms with Crippen molar-refractivity contribution in [1.82, 2.24) is 10.2 Å². The highest BCUT2D eigenvalue weighted by molar-refractivity contribution is 4.83. The second-order valence-corrected chi connectivity index (χ2v) is 8.01. The van der Waals surface area contributed by atoms with Crippen molar-refractivity contribution in [2.75, 3.05) is 26.2 Å². The highest BCUT2D eigenvalue weighted by Gasteiger charge is 2.23. The summed E-state index contributed by atoms with van der Waals surface area (Å²) in [6.45, 7) is 12.2. The first-order valence-electron chi connectivity index (χ1n) is 10.7. The Labute approximate surface area is 146 Å². The Hall–Kier alpha value is -0.0800. The molecule has 0 aromatic heterocycles. The standard InChI is InChI=1S/C21H44N2/c1-4-6-8-10-12-16-21(3,15-11-9-7-5-2)22-17-20-23-18-13-14-19-23/h22H,4-20H2,1-3H3. The molecule has 1 unspecified atom stereocenters. The van der Waals surface area contributed by atoms with Gasteiger partial charge in [-0.1, -0.05) is 71.6 Å². The molecule has 1 aliphatic heterocycles. The molecule has 0 bridgehead atoms. The smallest absolute Gasteiger partial charge is 0.0153 e. The molecule has 0 saturated carbocycles. The van der Waals surface area contributed by atoms with Crippen LogP contribution in [0.3, 0.4) is 0 Å². The molecule has 1 atom stereocenters. The molecule has 0 spiro atoms. The Morgan fingerprint density at radius 3 is 1.87 bits per heavy atom. The molecule has 1 heterocycles. The van der Waals surface area contributed by atoms with E-state index in [-0.39, 0.29) is 0 Å². The van der Waals surface area contributed by atoms with E-state index in [4.69, 9.17) is 0 Å². The average molecular weight is 325 g/mol. The van der Waals surface area contributed by atoms with Crippen LogP contribution < -0.4 is 5.32 Å². The van der Waals surface area contributed by atoms with Crippen LogP contribution in [0.2, 0.25) is 0 Å². The molecule has 1 saturated heterocycles. The SMILES string of the molecule is CCCCCCCC(C)(CCCCCC)NCCN1CCCC1. The summed E-state index contributed by atoms with van der Waals surface area (Å²) >= 11 is 0. The van der Waals surface area contributed by atoms with Crippen LogP contribution in [-0.2, 0) is 0 Å². The lowest BCUT2D eigenvalue weighted by Crippen LogP contribution is -2.45. The molecule has 138 valence electrons. The molecular formula is C21H44N2. The van der Waals surface area contributed by atoms with Crippen LogP contribution in [-0.4, -0.2) is 36.6 Å². The summed E-state index contributed by atoms with van der Waals surface area (Å²) in [5.74, 6) is 0. The van der Waals surface area contributed by atoms with Gasteiger partial charge in [0.2, 0.25) is 0 Å². The van der Waals surface area contributed by atoms with Gasteiger partial charge in [-0.15, -0.1) is 0 Å². The van der Waals surface area contributed by atoms with Crippen LogP contribution in [0.4, 0.5) is 0 Å². The minimum Gasteiger partial charge on any atom is -0.310 e. The summed E-state index contributed by atoms with van der Waals surface area (Å²) in [6, 6.07) is 0. The zero-order valence-corrected chi connectivity index (χ0v) is 16.5. The van der Waals surface area contributed by atoms with E-state index in [0.717, 1.165) is 0 Å². The molecular weight excluding hydrogens is 280 g/mol. The van der Waals surface area contributed by atoms with Crippen molar-refractivity contribution >= 4 is 0 Å². The fourth-order valence-corrected chi connectivity index (χ4v) is 3.88. The molecule has 2 heteroatoms. The molecule has 0 radical (unpaired) electrons. The molecule has 1 rings (SSSR count). The Balaban J connectivity index is 2.26. The largest absolute Gasteiger partial charge is 0.310 e. The second kappa shape index (κ2) is 13.2. The summed E-state index contributed by atoms with van der Waals surface area (Å²) in [4.78, 5) is 2.63. The Bertz CT molecular complexity index is 261. The zero-order chi connectivity index (χ0) is 16.8. The normalized spacial score (nSPS) is 18.4. The van der Waals surface area contributed by atoms with Gasteiger partial charge in [-0.2, -0.15) is 0 Å². The van der Waals surface area contributed by atoms with Gasteiger partial charge in [0.1, 0.15) is 0 Å². The quantitative estimate of drug-likeness (QED) is 0.385. The lowest BCUT2D eigenvalue weighted by molar-refractivity contribution is 0.259. The third-order valence-electron chi connectivity index (χ3n) is 5.59. The minimum absolute atomic E-state index is 0.375. The Kier molecular flexibility index (Phi) is 12.1. The summed E-state index contributed by atoms with van der Waals surface area (Å²) in [6.07, 6.45) is 18.1. The average Bonchev–Trinajstić information content (AvgIpc) is 3.05. The van der Waals surface area contributed by atoms with Crippen LogP contribution in [0.1, 0.15) is 104 Å². The van der Waals surface area contributed by atoms with Crippen LogP contribution in [0.15, 0.2) is 0 Å². The first-order valence-corrected chi connectivity index (χ1v) is 10.7. The fraction of sp³-hybridized carbons (Fsp3) is 1.00. The Morgan fingerprint density at radius 1 is 0.783 bits per heavy atom. The highest BCUT2D eigenvalue weighted by atomic mass is 15.2. The van der Waals surface area contributed by atoms with E-state index in [0.29, 0.717) is 5.54 Å². The number of nitrogens with zero attached hydrogens (tertiary/aromatic N) is 1. The van der Waals surface area contributed by atoms with Crippen molar-refractivity contribution in [1.29, 1.82) is 0 Å². The van der Waals surface area contributed by atoms with Crippen LogP contribution >= 0.6 is 0 Å². The van der Waals surface area contributed by atoms with Gasteiger partial charge in [0, 0.05) is 18.6 Å².